The minimum atomic E-state index is -0.709. The summed E-state index contributed by atoms with van der Waals surface area (Å²) in [5.41, 5.74) is 1.91. The first kappa shape index (κ1) is 25.5. The zero-order valence-electron chi connectivity index (χ0n) is 20.5. The van der Waals surface area contributed by atoms with Crippen molar-refractivity contribution in [1.82, 2.24) is 4.57 Å². The van der Waals surface area contributed by atoms with Gasteiger partial charge in [0.05, 0.1) is 49.8 Å². The molecule has 4 rings (SSSR count). The van der Waals surface area contributed by atoms with Crippen LogP contribution in [0.2, 0.25) is 5.02 Å². The number of thiazole rings is 1. The normalized spacial score (nSPS) is 15.3. The van der Waals surface area contributed by atoms with Crippen molar-refractivity contribution in [3.63, 3.8) is 0 Å². The fourth-order valence-corrected chi connectivity index (χ4v) is 5.26. The van der Waals surface area contributed by atoms with E-state index in [1.807, 2.05) is 0 Å². The number of halogens is 1. The number of methoxy groups -OCH3 is 3. The topological polar surface area (TPSA) is 88.4 Å². The number of hydrogen-bond acceptors (Lipinski definition) is 8. The molecule has 1 aliphatic rings. The summed E-state index contributed by atoms with van der Waals surface area (Å²) < 4.78 is 23.5. The summed E-state index contributed by atoms with van der Waals surface area (Å²) in [5.74, 6) is 0.874. The number of fused-ring (bicyclic) bond motifs is 1. The summed E-state index contributed by atoms with van der Waals surface area (Å²) in [6.07, 6.45) is 1.73. The Labute approximate surface area is 216 Å². The summed E-state index contributed by atoms with van der Waals surface area (Å²) in [6.45, 7) is 3.68. The minimum absolute atomic E-state index is 0.203. The molecule has 188 valence electrons. The van der Waals surface area contributed by atoms with E-state index in [4.69, 9.17) is 30.5 Å². The molecule has 0 saturated carbocycles. The lowest BCUT2D eigenvalue weighted by atomic mass is 9.96. The maximum atomic E-state index is 13.7. The van der Waals surface area contributed by atoms with Crippen molar-refractivity contribution in [2.45, 2.75) is 19.9 Å². The van der Waals surface area contributed by atoms with Crippen molar-refractivity contribution in [1.29, 1.82) is 0 Å². The SMILES string of the molecule is CCOC(=O)C1=C(C)N=c2s/c(=C\c3cc(OC)c(OC)c(OC)c3)c(=O)n2[C@H]1c1ccc(Cl)cc1. The minimum Gasteiger partial charge on any atom is -0.493 e. The van der Waals surface area contributed by atoms with E-state index in [2.05, 4.69) is 4.99 Å². The first-order valence-electron chi connectivity index (χ1n) is 11.1. The van der Waals surface area contributed by atoms with Crippen LogP contribution < -0.4 is 29.1 Å². The highest BCUT2D eigenvalue weighted by Gasteiger charge is 2.33. The van der Waals surface area contributed by atoms with Gasteiger partial charge in [0.15, 0.2) is 16.3 Å². The number of allylic oxidation sites excluding steroid dienone is 1. The lowest BCUT2D eigenvalue weighted by molar-refractivity contribution is -0.139. The summed E-state index contributed by atoms with van der Waals surface area (Å²) >= 11 is 7.33. The largest absolute Gasteiger partial charge is 0.493 e. The molecule has 0 aliphatic carbocycles. The maximum Gasteiger partial charge on any atom is 0.338 e. The van der Waals surface area contributed by atoms with Crippen LogP contribution in [0.4, 0.5) is 0 Å². The third-order valence-electron chi connectivity index (χ3n) is 5.69. The van der Waals surface area contributed by atoms with Gasteiger partial charge in [0, 0.05) is 5.02 Å². The van der Waals surface area contributed by atoms with Crippen molar-refractivity contribution < 1.29 is 23.7 Å². The van der Waals surface area contributed by atoms with Gasteiger partial charge in [0.1, 0.15) is 0 Å². The number of hydrogen-bond donors (Lipinski definition) is 0. The molecule has 10 heteroatoms. The van der Waals surface area contributed by atoms with Crippen LogP contribution in [0.5, 0.6) is 17.2 Å². The molecule has 0 fully saturated rings. The molecular weight excluding hydrogens is 504 g/mol. The standard InChI is InChI=1S/C26H25ClN2O6S/c1-6-35-25(31)21-14(2)28-26-29(22(21)16-7-9-17(27)10-8-16)24(30)20(36-26)13-15-11-18(32-3)23(34-5)19(12-15)33-4/h7-13,22H,6H2,1-5H3/b20-13-/t22-/m0/s1. The number of benzene rings is 2. The van der Waals surface area contributed by atoms with Gasteiger partial charge in [-0.25, -0.2) is 9.79 Å². The summed E-state index contributed by atoms with van der Waals surface area (Å²) in [5, 5.41) is 0.548. The molecule has 0 bridgehead atoms. The molecular formula is C26H25ClN2O6S. The maximum absolute atomic E-state index is 13.7. The van der Waals surface area contributed by atoms with Gasteiger partial charge >= 0.3 is 5.97 Å². The van der Waals surface area contributed by atoms with Crippen molar-refractivity contribution in [2.75, 3.05) is 27.9 Å². The molecule has 0 amide bonds. The summed E-state index contributed by atoms with van der Waals surface area (Å²) in [6, 6.07) is 9.83. The monoisotopic (exact) mass is 528 g/mol. The Morgan fingerprint density at radius 3 is 2.31 bits per heavy atom. The molecule has 1 atom stereocenters. The Balaban J connectivity index is 1.94. The Hall–Kier alpha value is -3.56. The van der Waals surface area contributed by atoms with E-state index in [1.54, 1.807) is 56.3 Å². The van der Waals surface area contributed by atoms with E-state index in [9.17, 15) is 9.59 Å². The van der Waals surface area contributed by atoms with Crippen LogP contribution in [0, 0.1) is 0 Å². The Bertz CT molecular complexity index is 1500. The van der Waals surface area contributed by atoms with E-state index in [-0.39, 0.29) is 12.2 Å². The molecule has 36 heavy (non-hydrogen) atoms. The Kier molecular flexibility index (Phi) is 7.51. The van der Waals surface area contributed by atoms with Crippen LogP contribution in [0.15, 0.2) is 57.5 Å². The molecule has 0 saturated heterocycles. The second-order valence-electron chi connectivity index (χ2n) is 7.81. The highest BCUT2D eigenvalue weighted by atomic mass is 35.5. The van der Waals surface area contributed by atoms with Crippen LogP contribution in [0.25, 0.3) is 6.08 Å². The second kappa shape index (κ2) is 10.6. The molecule has 2 aromatic carbocycles. The third-order valence-corrected chi connectivity index (χ3v) is 6.92. The highest BCUT2D eigenvalue weighted by Crippen LogP contribution is 2.38. The predicted octanol–water partition coefficient (Wildman–Crippen LogP) is 3.48. The fourth-order valence-electron chi connectivity index (χ4n) is 4.09. The number of aromatic nitrogens is 1. The number of rotatable bonds is 7. The van der Waals surface area contributed by atoms with Gasteiger partial charge in [-0.15, -0.1) is 0 Å². The summed E-state index contributed by atoms with van der Waals surface area (Å²) in [4.78, 5) is 31.7. The van der Waals surface area contributed by atoms with Crippen molar-refractivity contribution in [3.8, 4) is 17.2 Å². The number of esters is 1. The smallest absolute Gasteiger partial charge is 0.338 e. The lowest BCUT2D eigenvalue weighted by Gasteiger charge is -2.24. The lowest BCUT2D eigenvalue weighted by Crippen LogP contribution is -2.39. The molecule has 0 spiro atoms. The molecule has 1 aromatic heterocycles. The van der Waals surface area contributed by atoms with E-state index >= 15 is 0 Å². The fraction of sp³-hybridized carbons (Fsp3) is 0.269. The van der Waals surface area contributed by atoms with Gasteiger partial charge in [-0.05, 0) is 55.3 Å². The first-order chi connectivity index (χ1) is 17.3. The molecule has 1 aliphatic heterocycles. The van der Waals surface area contributed by atoms with Gasteiger partial charge < -0.3 is 18.9 Å². The average Bonchev–Trinajstić information content (AvgIpc) is 3.17. The van der Waals surface area contributed by atoms with E-state index in [0.29, 0.717) is 48.4 Å². The Morgan fingerprint density at radius 1 is 1.11 bits per heavy atom. The van der Waals surface area contributed by atoms with Crippen molar-refractivity contribution in [2.24, 2.45) is 4.99 Å². The number of nitrogens with zero attached hydrogens (tertiary/aromatic N) is 2. The van der Waals surface area contributed by atoms with Crippen LogP contribution in [0.3, 0.4) is 0 Å². The van der Waals surface area contributed by atoms with Gasteiger partial charge in [0.25, 0.3) is 5.56 Å². The number of ether oxygens (including phenoxy) is 4. The zero-order chi connectivity index (χ0) is 26.0. The Morgan fingerprint density at radius 2 is 1.75 bits per heavy atom. The number of carbonyl (C=O) groups is 1. The van der Waals surface area contributed by atoms with Crippen molar-refractivity contribution in [3.05, 3.63) is 83.5 Å². The van der Waals surface area contributed by atoms with Crippen molar-refractivity contribution >= 4 is 35.0 Å². The first-order valence-corrected chi connectivity index (χ1v) is 12.3. The van der Waals surface area contributed by atoms with E-state index in [1.165, 1.54) is 37.2 Å². The molecule has 8 nitrogen and oxygen atoms in total. The summed E-state index contributed by atoms with van der Waals surface area (Å²) in [7, 11) is 4.58. The van der Waals surface area contributed by atoms with E-state index in [0.717, 1.165) is 5.56 Å². The molecule has 2 heterocycles. The zero-order valence-corrected chi connectivity index (χ0v) is 22.0. The average molecular weight is 529 g/mol. The molecule has 0 radical (unpaired) electrons. The highest BCUT2D eigenvalue weighted by molar-refractivity contribution is 7.07. The third kappa shape index (κ3) is 4.64. The van der Waals surface area contributed by atoms with Crippen LogP contribution >= 0.6 is 22.9 Å². The quantitative estimate of drug-likeness (QED) is 0.436. The van der Waals surface area contributed by atoms with Crippen LogP contribution in [0.1, 0.15) is 31.0 Å². The second-order valence-corrected chi connectivity index (χ2v) is 9.26. The molecule has 3 aromatic rings. The van der Waals surface area contributed by atoms with Crippen LogP contribution in [-0.4, -0.2) is 38.5 Å². The van der Waals surface area contributed by atoms with E-state index < -0.39 is 12.0 Å². The molecule has 0 unspecified atom stereocenters. The van der Waals surface area contributed by atoms with Gasteiger partial charge in [-0.2, -0.15) is 0 Å². The predicted molar refractivity (Wildman–Crippen MR) is 138 cm³/mol. The van der Waals surface area contributed by atoms with Gasteiger partial charge in [-0.1, -0.05) is 35.1 Å². The number of carbonyl (C=O) groups excluding carboxylic acids is 1. The van der Waals surface area contributed by atoms with Gasteiger partial charge in [-0.3, -0.25) is 9.36 Å². The molecule has 0 N–H and O–H groups in total. The van der Waals surface area contributed by atoms with Crippen LogP contribution in [-0.2, 0) is 9.53 Å². The van der Waals surface area contributed by atoms with Gasteiger partial charge in [0.2, 0.25) is 5.75 Å².